The largest absolute Gasteiger partial charge is 0.378 e. The first kappa shape index (κ1) is 19.7. The van der Waals surface area contributed by atoms with E-state index < -0.39 is 0 Å². The van der Waals surface area contributed by atoms with Crippen LogP contribution in [0.25, 0.3) is 0 Å². The zero-order valence-electron chi connectivity index (χ0n) is 16.6. The van der Waals surface area contributed by atoms with Gasteiger partial charge in [0.15, 0.2) is 0 Å². The number of hydrogen-bond donors (Lipinski definition) is 1. The third-order valence-corrected chi connectivity index (χ3v) is 5.72. The van der Waals surface area contributed by atoms with Gasteiger partial charge >= 0.3 is 0 Å². The van der Waals surface area contributed by atoms with Crippen LogP contribution in [0.15, 0.2) is 24.3 Å². The van der Waals surface area contributed by atoms with Crippen molar-refractivity contribution >= 4 is 17.5 Å². The van der Waals surface area contributed by atoms with Crippen molar-refractivity contribution < 1.29 is 14.3 Å². The fourth-order valence-electron chi connectivity index (χ4n) is 3.87. The van der Waals surface area contributed by atoms with E-state index in [1.54, 1.807) is 0 Å². The highest BCUT2D eigenvalue weighted by molar-refractivity contribution is 5.88. The molecule has 0 aliphatic carbocycles. The van der Waals surface area contributed by atoms with Crippen LogP contribution in [-0.4, -0.2) is 61.6 Å². The highest BCUT2D eigenvalue weighted by Gasteiger charge is 2.35. The lowest BCUT2D eigenvalue weighted by atomic mass is 9.85. The molecule has 1 N–H and O–H groups in total. The number of para-hydroxylation sites is 1. The van der Waals surface area contributed by atoms with Gasteiger partial charge in [0.1, 0.15) is 0 Å². The van der Waals surface area contributed by atoms with Crippen LogP contribution in [0.1, 0.15) is 45.1 Å². The molecule has 27 heavy (non-hydrogen) atoms. The summed E-state index contributed by atoms with van der Waals surface area (Å²) in [7, 11) is 0. The molecule has 0 saturated carbocycles. The smallest absolute Gasteiger partial charge is 0.242 e. The second kappa shape index (κ2) is 8.74. The standard InChI is InChI=1S/C21H31N3O3/c1-4-15(2)22-21(26)18-13-16(3)24(19-8-6-5-7-17(18)19)14-20(25)23-9-11-27-12-10-23/h5-8,15-16,18H,4,9-14H2,1-3H3,(H,22,26)/t15-,16+,18-/m0/s1. The summed E-state index contributed by atoms with van der Waals surface area (Å²) in [5.74, 6) is 0.0465. The maximum Gasteiger partial charge on any atom is 0.242 e. The van der Waals surface area contributed by atoms with E-state index in [1.165, 1.54) is 0 Å². The molecule has 0 spiro atoms. The summed E-state index contributed by atoms with van der Waals surface area (Å²) in [5.41, 5.74) is 2.02. The van der Waals surface area contributed by atoms with Gasteiger partial charge in [-0.1, -0.05) is 25.1 Å². The number of carbonyl (C=O) groups excluding carboxylic acids is 2. The summed E-state index contributed by atoms with van der Waals surface area (Å²) in [4.78, 5) is 29.6. The van der Waals surface area contributed by atoms with Crippen molar-refractivity contribution in [2.45, 2.75) is 51.6 Å². The zero-order valence-corrected chi connectivity index (χ0v) is 16.6. The summed E-state index contributed by atoms with van der Waals surface area (Å²) in [6.45, 7) is 9.07. The molecule has 6 nitrogen and oxygen atoms in total. The maximum atomic E-state index is 12.8. The minimum atomic E-state index is -0.167. The number of nitrogens with one attached hydrogen (secondary N) is 1. The molecule has 1 saturated heterocycles. The van der Waals surface area contributed by atoms with E-state index in [1.807, 2.05) is 36.1 Å². The topological polar surface area (TPSA) is 61.9 Å². The van der Waals surface area contributed by atoms with Crippen LogP contribution in [0.3, 0.4) is 0 Å². The summed E-state index contributed by atoms with van der Waals surface area (Å²) >= 11 is 0. The fraction of sp³-hybridized carbons (Fsp3) is 0.619. The van der Waals surface area contributed by atoms with Crippen LogP contribution in [0.4, 0.5) is 5.69 Å². The molecule has 1 aromatic rings. The molecule has 3 atom stereocenters. The van der Waals surface area contributed by atoms with E-state index in [-0.39, 0.29) is 29.8 Å². The fourth-order valence-corrected chi connectivity index (χ4v) is 3.87. The molecule has 2 aliphatic heterocycles. The number of nitrogens with zero attached hydrogens (tertiary/aromatic N) is 2. The lowest BCUT2D eigenvalue weighted by molar-refractivity contribution is -0.133. The van der Waals surface area contributed by atoms with E-state index in [0.29, 0.717) is 32.8 Å². The summed E-state index contributed by atoms with van der Waals surface area (Å²) in [5, 5.41) is 3.12. The van der Waals surface area contributed by atoms with Crippen molar-refractivity contribution in [3.05, 3.63) is 29.8 Å². The molecule has 2 aliphatic rings. The quantitative estimate of drug-likeness (QED) is 0.859. The molecule has 0 bridgehead atoms. The summed E-state index contributed by atoms with van der Waals surface area (Å²) < 4.78 is 5.35. The molecular formula is C21H31N3O3. The SMILES string of the molecule is CC[C@H](C)NC(=O)[C@H]1C[C@@H](C)N(CC(=O)N2CCOCC2)c2ccccc21. The van der Waals surface area contributed by atoms with Crippen LogP contribution in [-0.2, 0) is 14.3 Å². The number of ether oxygens (including phenoxy) is 1. The average Bonchev–Trinajstić information content (AvgIpc) is 2.70. The van der Waals surface area contributed by atoms with Gasteiger partial charge in [0.2, 0.25) is 11.8 Å². The van der Waals surface area contributed by atoms with Gasteiger partial charge in [-0.05, 0) is 38.3 Å². The Bertz CT molecular complexity index is 672. The number of anilines is 1. The Kier molecular flexibility index (Phi) is 6.37. The first-order valence-corrected chi connectivity index (χ1v) is 10.0. The van der Waals surface area contributed by atoms with Gasteiger partial charge in [-0.2, -0.15) is 0 Å². The lowest BCUT2D eigenvalue weighted by Crippen LogP contribution is -2.50. The monoisotopic (exact) mass is 373 g/mol. The van der Waals surface area contributed by atoms with Crippen molar-refractivity contribution in [2.75, 3.05) is 37.7 Å². The van der Waals surface area contributed by atoms with E-state index in [0.717, 1.165) is 24.1 Å². The second-order valence-corrected chi connectivity index (χ2v) is 7.64. The highest BCUT2D eigenvalue weighted by atomic mass is 16.5. The molecule has 1 aromatic carbocycles. The van der Waals surface area contributed by atoms with Crippen LogP contribution in [0.5, 0.6) is 0 Å². The normalized spacial score (nSPS) is 23.5. The van der Waals surface area contributed by atoms with Gasteiger partial charge in [0.05, 0.1) is 25.7 Å². The van der Waals surface area contributed by atoms with Crippen LogP contribution < -0.4 is 10.2 Å². The minimum absolute atomic E-state index is 0.0859. The Morgan fingerprint density at radius 1 is 1.26 bits per heavy atom. The molecule has 2 amide bonds. The van der Waals surface area contributed by atoms with E-state index in [2.05, 4.69) is 24.1 Å². The molecule has 148 valence electrons. The van der Waals surface area contributed by atoms with E-state index in [4.69, 9.17) is 4.74 Å². The van der Waals surface area contributed by atoms with Crippen molar-refractivity contribution in [1.82, 2.24) is 10.2 Å². The Hall–Kier alpha value is -2.08. The minimum Gasteiger partial charge on any atom is -0.378 e. The van der Waals surface area contributed by atoms with Crippen LogP contribution in [0, 0.1) is 0 Å². The van der Waals surface area contributed by atoms with Gasteiger partial charge in [-0.3, -0.25) is 9.59 Å². The van der Waals surface area contributed by atoms with Crippen LogP contribution >= 0.6 is 0 Å². The molecule has 0 radical (unpaired) electrons. The number of fused-ring (bicyclic) bond motifs is 1. The molecule has 3 rings (SSSR count). The first-order valence-electron chi connectivity index (χ1n) is 10.0. The van der Waals surface area contributed by atoms with E-state index >= 15 is 0 Å². The summed E-state index contributed by atoms with van der Waals surface area (Å²) in [6, 6.07) is 8.29. The van der Waals surface area contributed by atoms with Gasteiger partial charge in [0.25, 0.3) is 0 Å². The molecule has 0 unspecified atom stereocenters. The van der Waals surface area contributed by atoms with Gasteiger partial charge < -0.3 is 19.9 Å². The molecule has 0 aromatic heterocycles. The Labute approximate surface area is 161 Å². The van der Waals surface area contributed by atoms with Gasteiger partial charge in [0, 0.05) is 30.9 Å². The molecular weight excluding hydrogens is 342 g/mol. The Morgan fingerprint density at radius 3 is 2.67 bits per heavy atom. The number of amides is 2. The third-order valence-electron chi connectivity index (χ3n) is 5.72. The number of morpholine rings is 1. The Balaban J connectivity index is 1.79. The first-order chi connectivity index (χ1) is 13.0. The number of rotatable bonds is 5. The van der Waals surface area contributed by atoms with Crippen molar-refractivity contribution in [3.63, 3.8) is 0 Å². The predicted octanol–water partition coefficient (Wildman–Crippen LogP) is 2.14. The van der Waals surface area contributed by atoms with Crippen LogP contribution in [0.2, 0.25) is 0 Å². The maximum absolute atomic E-state index is 12.8. The molecule has 6 heteroatoms. The lowest BCUT2D eigenvalue weighted by Gasteiger charge is -2.41. The van der Waals surface area contributed by atoms with E-state index in [9.17, 15) is 9.59 Å². The van der Waals surface area contributed by atoms with Crippen molar-refractivity contribution in [3.8, 4) is 0 Å². The highest BCUT2D eigenvalue weighted by Crippen LogP contribution is 2.38. The number of hydrogen-bond acceptors (Lipinski definition) is 4. The van der Waals surface area contributed by atoms with Gasteiger partial charge in [-0.25, -0.2) is 0 Å². The molecule has 2 heterocycles. The predicted molar refractivity (Wildman–Crippen MR) is 106 cm³/mol. The van der Waals surface area contributed by atoms with Gasteiger partial charge in [-0.15, -0.1) is 0 Å². The third kappa shape index (κ3) is 4.43. The van der Waals surface area contributed by atoms with Crippen molar-refractivity contribution in [2.24, 2.45) is 0 Å². The number of carbonyl (C=O) groups is 2. The second-order valence-electron chi connectivity index (χ2n) is 7.64. The Morgan fingerprint density at radius 2 is 1.96 bits per heavy atom. The zero-order chi connectivity index (χ0) is 19.4. The van der Waals surface area contributed by atoms with Crippen molar-refractivity contribution in [1.29, 1.82) is 0 Å². The molecule has 1 fully saturated rings. The summed E-state index contributed by atoms with van der Waals surface area (Å²) in [6.07, 6.45) is 1.63. The average molecular weight is 373 g/mol. The number of benzene rings is 1.